The zero-order chi connectivity index (χ0) is 15.6. The topological polar surface area (TPSA) is 65.6 Å². The molecule has 5 nitrogen and oxygen atoms in total. The van der Waals surface area contributed by atoms with E-state index < -0.39 is 6.10 Å². The largest absolute Gasteiger partial charge is 0.389 e. The smallest absolute Gasteiger partial charge is 0.270 e. The lowest BCUT2D eigenvalue weighted by atomic mass is 10.1. The lowest BCUT2D eigenvalue weighted by Crippen LogP contribution is -2.36. The van der Waals surface area contributed by atoms with E-state index in [1.165, 1.54) is 23.1 Å². The molecule has 0 aliphatic rings. The van der Waals surface area contributed by atoms with E-state index in [4.69, 9.17) is 4.74 Å². The normalized spacial score (nSPS) is 12.6. The van der Waals surface area contributed by atoms with Gasteiger partial charge >= 0.3 is 0 Å². The summed E-state index contributed by atoms with van der Waals surface area (Å²) in [7, 11) is 3.19. The second kappa shape index (κ2) is 6.28. The van der Waals surface area contributed by atoms with Gasteiger partial charge in [-0.3, -0.25) is 4.79 Å². The second-order valence-electron chi connectivity index (χ2n) is 5.45. The minimum absolute atomic E-state index is 0.140. The molecule has 2 N–H and O–H groups in total. The van der Waals surface area contributed by atoms with Crippen molar-refractivity contribution in [3.05, 3.63) is 35.0 Å². The molecule has 1 heterocycles. The van der Waals surface area contributed by atoms with E-state index in [2.05, 4.69) is 11.9 Å². The van der Waals surface area contributed by atoms with Gasteiger partial charge in [-0.05, 0) is 37.1 Å². The number of benzene rings is 1. The highest BCUT2D eigenvalue weighted by atomic mass is 16.5. The molecule has 0 bridgehead atoms. The number of aromatic nitrogens is 1. The average Bonchev–Trinajstić information content (AvgIpc) is 2.87. The monoisotopic (exact) mass is 290 g/mol. The quantitative estimate of drug-likeness (QED) is 0.883. The highest BCUT2D eigenvalue weighted by Crippen LogP contribution is 2.22. The molecule has 0 fully saturated rings. The molecule has 21 heavy (non-hydrogen) atoms. The molecule has 0 saturated heterocycles. The van der Waals surface area contributed by atoms with Gasteiger partial charge in [0.1, 0.15) is 5.69 Å². The van der Waals surface area contributed by atoms with Crippen LogP contribution in [0.1, 0.15) is 21.6 Å². The molecule has 0 radical (unpaired) electrons. The van der Waals surface area contributed by atoms with Gasteiger partial charge < -0.3 is 19.7 Å². The van der Waals surface area contributed by atoms with Crippen molar-refractivity contribution in [2.45, 2.75) is 20.0 Å². The van der Waals surface area contributed by atoms with E-state index in [1.54, 1.807) is 7.05 Å². The molecule has 1 aromatic carbocycles. The Morgan fingerprint density at radius 3 is 2.81 bits per heavy atom. The maximum atomic E-state index is 12.4. The fourth-order valence-electron chi connectivity index (χ4n) is 2.42. The number of amides is 1. The van der Waals surface area contributed by atoms with Crippen LogP contribution < -0.4 is 0 Å². The van der Waals surface area contributed by atoms with Crippen LogP contribution in [0.3, 0.4) is 0 Å². The summed E-state index contributed by atoms with van der Waals surface area (Å²) >= 11 is 0. The second-order valence-corrected chi connectivity index (χ2v) is 5.45. The minimum Gasteiger partial charge on any atom is -0.389 e. The zero-order valence-corrected chi connectivity index (χ0v) is 12.9. The third kappa shape index (κ3) is 3.25. The first-order valence-electron chi connectivity index (χ1n) is 6.95. The number of aliphatic hydroxyl groups is 1. The van der Waals surface area contributed by atoms with Crippen LogP contribution in [0.2, 0.25) is 0 Å². The van der Waals surface area contributed by atoms with Crippen LogP contribution in [0.15, 0.2) is 18.2 Å². The van der Waals surface area contributed by atoms with Crippen LogP contribution in [0.5, 0.6) is 0 Å². The number of methoxy groups -OCH3 is 1. The summed E-state index contributed by atoms with van der Waals surface area (Å²) in [5, 5.41) is 10.8. The molecule has 0 aliphatic carbocycles. The maximum Gasteiger partial charge on any atom is 0.270 e. The van der Waals surface area contributed by atoms with E-state index in [0.717, 1.165) is 10.9 Å². The third-order valence-electron chi connectivity index (χ3n) is 3.76. The van der Waals surface area contributed by atoms with Crippen molar-refractivity contribution in [3.8, 4) is 0 Å². The fraction of sp³-hybridized carbons (Fsp3) is 0.438. The number of carbonyl (C=O) groups is 1. The molecule has 0 aliphatic heterocycles. The van der Waals surface area contributed by atoms with E-state index in [9.17, 15) is 9.90 Å². The first-order valence-corrected chi connectivity index (χ1v) is 6.95. The first kappa shape index (κ1) is 15.5. The van der Waals surface area contributed by atoms with E-state index in [-0.39, 0.29) is 19.1 Å². The van der Waals surface area contributed by atoms with Gasteiger partial charge in [-0.2, -0.15) is 0 Å². The molecule has 114 valence electrons. The van der Waals surface area contributed by atoms with Crippen molar-refractivity contribution >= 4 is 16.8 Å². The molecule has 1 amide bonds. The van der Waals surface area contributed by atoms with Crippen LogP contribution in [-0.2, 0) is 4.74 Å². The number of aryl methyl sites for hydroxylation is 2. The predicted octanol–water partition coefficient (Wildman–Crippen LogP) is 1.86. The number of aliphatic hydroxyl groups excluding tert-OH is 1. The summed E-state index contributed by atoms with van der Waals surface area (Å²) in [6.45, 7) is 4.55. The first-order chi connectivity index (χ1) is 9.93. The Morgan fingerprint density at radius 2 is 2.14 bits per heavy atom. The number of carbonyl (C=O) groups excluding carboxylic acids is 1. The number of hydrogen-bond donors (Lipinski definition) is 2. The highest BCUT2D eigenvalue weighted by molar-refractivity contribution is 5.99. The average molecular weight is 290 g/mol. The standard InChI is InChI=1S/C16H22N2O3/c1-10-5-6-14-13(11(10)2)7-15(17-14)16(20)18(3)8-12(19)9-21-4/h5-7,12,17,19H,8-9H2,1-4H3. The Balaban J connectivity index is 2.21. The van der Waals surface area contributed by atoms with Crippen molar-refractivity contribution in [1.82, 2.24) is 9.88 Å². The summed E-state index contributed by atoms with van der Waals surface area (Å²) < 4.78 is 4.87. The van der Waals surface area contributed by atoms with Crippen molar-refractivity contribution in [2.75, 3.05) is 27.3 Å². The Hall–Kier alpha value is -1.85. The number of aromatic amines is 1. The zero-order valence-electron chi connectivity index (χ0n) is 12.9. The lowest BCUT2D eigenvalue weighted by molar-refractivity contribution is 0.0378. The van der Waals surface area contributed by atoms with Gasteiger partial charge in [0.05, 0.1) is 12.7 Å². The number of nitrogens with zero attached hydrogens (tertiary/aromatic N) is 1. The fourth-order valence-corrected chi connectivity index (χ4v) is 2.42. The number of rotatable bonds is 5. The van der Waals surface area contributed by atoms with Gasteiger partial charge in [0, 0.05) is 31.6 Å². The number of hydrogen-bond acceptors (Lipinski definition) is 3. The van der Waals surface area contributed by atoms with Gasteiger partial charge in [0.2, 0.25) is 0 Å². The molecule has 5 heteroatoms. The summed E-state index contributed by atoms with van der Waals surface area (Å²) in [5.74, 6) is -0.140. The predicted molar refractivity (Wildman–Crippen MR) is 82.6 cm³/mol. The molecule has 1 atom stereocenters. The van der Waals surface area contributed by atoms with Crippen LogP contribution in [0.25, 0.3) is 10.9 Å². The Labute approximate surface area is 124 Å². The van der Waals surface area contributed by atoms with Gasteiger partial charge in [0.15, 0.2) is 0 Å². The van der Waals surface area contributed by atoms with Crippen molar-refractivity contribution in [2.24, 2.45) is 0 Å². The number of nitrogens with one attached hydrogen (secondary N) is 1. The Kier molecular flexibility index (Phi) is 4.65. The van der Waals surface area contributed by atoms with E-state index in [1.807, 2.05) is 25.1 Å². The maximum absolute atomic E-state index is 12.4. The van der Waals surface area contributed by atoms with E-state index in [0.29, 0.717) is 5.69 Å². The van der Waals surface area contributed by atoms with Crippen LogP contribution in [0, 0.1) is 13.8 Å². The van der Waals surface area contributed by atoms with E-state index >= 15 is 0 Å². The lowest BCUT2D eigenvalue weighted by Gasteiger charge is -2.19. The van der Waals surface area contributed by atoms with Gasteiger partial charge in [-0.25, -0.2) is 0 Å². The summed E-state index contributed by atoms with van der Waals surface area (Å²) in [6, 6.07) is 5.89. The summed E-state index contributed by atoms with van der Waals surface area (Å²) in [6.07, 6.45) is -0.683. The molecule has 1 aromatic heterocycles. The number of fused-ring (bicyclic) bond motifs is 1. The van der Waals surface area contributed by atoms with Crippen molar-refractivity contribution < 1.29 is 14.6 Å². The summed E-state index contributed by atoms with van der Waals surface area (Å²) in [4.78, 5) is 17.0. The molecular weight excluding hydrogens is 268 g/mol. The molecule has 0 saturated carbocycles. The molecule has 2 aromatic rings. The van der Waals surface area contributed by atoms with Gasteiger partial charge in [-0.1, -0.05) is 6.07 Å². The molecule has 0 spiro atoms. The highest BCUT2D eigenvalue weighted by Gasteiger charge is 2.18. The number of ether oxygens (including phenoxy) is 1. The Morgan fingerprint density at radius 1 is 1.43 bits per heavy atom. The molecule has 2 rings (SSSR count). The molecular formula is C16H22N2O3. The number of likely N-dealkylation sites (N-methyl/N-ethyl adjacent to an activating group) is 1. The number of H-pyrrole nitrogens is 1. The van der Waals surface area contributed by atoms with Crippen molar-refractivity contribution in [1.29, 1.82) is 0 Å². The van der Waals surface area contributed by atoms with Crippen molar-refractivity contribution in [3.63, 3.8) is 0 Å². The Bertz CT molecular complexity index is 648. The van der Waals surface area contributed by atoms with Crippen LogP contribution in [-0.4, -0.2) is 54.3 Å². The molecule has 1 unspecified atom stereocenters. The summed E-state index contributed by atoms with van der Waals surface area (Å²) in [5.41, 5.74) is 3.85. The third-order valence-corrected chi connectivity index (χ3v) is 3.76. The van der Waals surface area contributed by atoms with Crippen LogP contribution >= 0.6 is 0 Å². The van der Waals surface area contributed by atoms with Gasteiger partial charge in [-0.15, -0.1) is 0 Å². The minimum atomic E-state index is -0.683. The van der Waals surface area contributed by atoms with Gasteiger partial charge in [0.25, 0.3) is 5.91 Å². The SMILES string of the molecule is COCC(O)CN(C)C(=O)c1cc2c(C)c(C)ccc2[nH]1. The van der Waals surface area contributed by atoms with Crippen LogP contribution in [0.4, 0.5) is 0 Å².